The van der Waals surface area contributed by atoms with Gasteiger partial charge in [-0.1, -0.05) is 0 Å². The Labute approximate surface area is 129 Å². The predicted molar refractivity (Wildman–Crippen MR) is 84.6 cm³/mol. The molecule has 1 amide bonds. The Hall–Kier alpha value is -2.08. The number of carbonyl (C=O) groups excluding carboxylic acids is 1. The minimum absolute atomic E-state index is 0.0204. The zero-order valence-electron chi connectivity index (χ0n) is 13.2. The molecule has 0 saturated carbocycles. The molecular weight excluding hydrogens is 280 g/mol. The summed E-state index contributed by atoms with van der Waals surface area (Å²) >= 11 is 0. The average molecular weight is 302 g/mol. The van der Waals surface area contributed by atoms with Crippen LogP contribution in [0.5, 0.6) is 0 Å². The fourth-order valence-electron chi connectivity index (χ4n) is 2.89. The minimum atomic E-state index is -0.502. The first-order chi connectivity index (χ1) is 10.3. The van der Waals surface area contributed by atoms with Gasteiger partial charge in [0, 0.05) is 48.3 Å². The molecule has 0 aromatic carbocycles. The third-order valence-corrected chi connectivity index (χ3v) is 3.88. The van der Waals surface area contributed by atoms with E-state index in [1.807, 2.05) is 39.1 Å². The number of aromatic nitrogens is 2. The van der Waals surface area contributed by atoms with Crippen LogP contribution in [0.15, 0.2) is 24.5 Å². The van der Waals surface area contributed by atoms with Crippen molar-refractivity contribution in [2.75, 3.05) is 13.1 Å². The van der Waals surface area contributed by atoms with Crippen LogP contribution < -0.4 is 5.73 Å². The summed E-state index contributed by atoms with van der Waals surface area (Å²) in [5, 5.41) is 1.06. The number of aromatic amines is 1. The number of H-pyrrole nitrogens is 1. The topological polar surface area (TPSA) is 84.2 Å². The van der Waals surface area contributed by atoms with Gasteiger partial charge in [-0.05, 0) is 32.9 Å². The molecule has 0 spiro atoms. The number of ether oxygens (including phenoxy) is 1. The first-order valence-electron chi connectivity index (χ1n) is 7.50. The zero-order valence-corrected chi connectivity index (χ0v) is 13.2. The van der Waals surface area contributed by atoms with E-state index >= 15 is 0 Å². The van der Waals surface area contributed by atoms with Gasteiger partial charge in [-0.15, -0.1) is 0 Å². The Kier molecular flexibility index (Phi) is 3.56. The molecule has 1 aliphatic rings. The van der Waals surface area contributed by atoms with Crippen molar-refractivity contribution >= 4 is 17.0 Å². The Balaban J connectivity index is 1.82. The van der Waals surface area contributed by atoms with Gasteiger partial charge in [-0.25, -0.2) is 4.79 Å². The van der Waals surface area contributed by atoms with E-state index in [0.29, 0.717) is 13.1 Å². The highest BCUT2D eigenvalue weighted by atomic mass is 16.6. The van der Waals surface area contributed by atoms with E-state index in [4.69, 9.17) is 10.5 Å². The average Bonchev–Trinajstić information content (AvgIpc) is 3.02. The summed E-state index contributed by atoms with van der Waals surface area (Å²) in [4.78, 5) is 21.6. The van der Waals surface area contributed by atoms with Gasteiger partial charge in [0.25, 0.3) is 0 Å². The number of hydrogen-bond donors (Lipinski definition) is 2. The molecule has 22 heavy (non-hydrogen) atoms. The maximum Gasteiger partial charge on any atom is 0.410 e. The summed E-state index contributed by atoms with van der Waals surface area (Å²) < 4.78 is 5.43. The summed E-state index contributed by atoms with van der Waals surface area (Å²) in [5.74, 6) is 0.0204. The molecule has 1 fully saturated rings. The maximum atomic E-state index is 12.2. The normalized spacial score (nSPS) is 22.3. The second-order valence-corrected chi connectivity index (χ2v) is 6.79. The molecule has 3 rings (SSSR count). The lowest BCUT2D eigenvalue weighted by atomic mass is 9.97. The van der Waals surface area contributed by atoms with Crippen LogP contribution in [0, 0.1) is 0 Å². The fraction of sp³-hybridized carbons (Fsp3) is 0.500. The van der Waals surface area contributed by atoms with E-state index in [1.165, 1.54) is 0 Å². The van der Waals surface area contributed by atoms with Crippen LogP contribution in [-0.2, 0) is 4.74 Å². The summed E-state index contributed by atoms with van der Waals surface area (Å²) in [6.07, 6.45) is 3.35. The molecule has 6 heteroatoms. The lowest BCUT2D eigenvalue weighted by molar-refractivity contribution is 0.0290. The van der Waals surface area contributed by atoms with Gasteiger partial charge in [0.15, 0.2) is 0 Å². The van der Waals surface area contributed by atoms with Gasteiger partial charge in [-0.2, -0.15) is 0 Å². The number of pyridine rings is 1. The molecular formula is C16H22N4O2. The number of nitrogens with one attached hydrogen (secondary N) is 1. The van der Waals surface area contributed by atoms with Crippen molar-refractivity contribution in [2.45, 2.75) is 38.3 Å². The van der Waals surface area contributed by atoms with Crippen LogP contribution >= 0.6 is 0 Å². The molecule has 6 nitrogen and oxygen atoms in total. The van der Waals surface area contributed by atoms with Crippen molar-refractivity contribution in [3.8, 4) is 0 Å². The predicted octanol–water partition coefficient (Wildman–Crippen LogP) is 2.22. The number of hydrogen-bond acceptors (Lipinski definition) is 4. The molecule has 2 atom stereocenters. The Morgan fingerprint density at radius 3 is 2.91 bits per heavy atom. The summed E-state index contributed by atoms with van der Waals surface area (Å²) in [7, 11) is 0. The van der Waals surface area contributed by atoms with Crippen LogP contribution in [0.2, 0.25) is 0 Å². The highest BCUT2D eigenvalue weighted by Gasteiger charge is 2.37. The largest absolute Gasteiger partial charge is 0.444 e. The minimum Gasteiger partial charge on any atom is -0.444 e. The third-order valence-electron chi connectivity index (χ3n) is 3.88. The monoisotopic (exact) mass is 302 g/mol. The van der Waals surface area contributed by atoms with E-state index in [9.17, 15) is 4.79 Å². The van der Waals surface area contributed by atoms with Crippen LogP contribution in [0.3, 0.4) is 0 Å². The van der Waals surface area contributed by atoms with E-state index in [2.05, 4.69) is 9.97 Å². The zero-order chi connectivity index (χ0) is 15.9. The number of carbonyl (C=O) groups is 1. The highest BCUT2D eigenvalue weighted by Crippen LogP contribution is 2.30. The van der Waals surface area contributed by atoms with Gasteiger partial charge in [0.1, 0.15) is 5.60 Å². The molecule has 0 bridgehead atoms. The first-order valence-corrected chi connectivity index (χ1v) is 7.50. The Morgan fingerprint density at radius 2 is 2.18 bits per heavy atom. The van der Waals surface area contributed by atoms with Crippen molar-refractivity contribution in [1.29, 1.82) is 0 Å². The van der Waals surface area contributed by atoms with Crippen molar-refractivity contribution in [2.24, 2.45) is 5.73 Å². The molecule has 118 valence electrons. The van der Waals surface area contributed by atoms with E-state index in [0.717, 1.165) is 16.6 Å². The van der Waals surface area contributed by atoms with Gasteiger partial charge >= 0.3 is 6.09 Å². The lowest BCUT2D eigenvalue weighted by Crippen LogP contribution is -2.36. The second-order valence-electron chi connectivity index (χ2n) is 6.79. The molecule has 0 radical (unpaired) electrons. The number of likely N-dealkylation sites (tertiary alicyclic amines) is 1. The quantitative estimate of drug-likeness (QED) is 0.846. The lowest BCUT2D eigenvalue weighted by Gasteiger charge is -2.24. The third kappa shape index (κ3) is 2.78. The highest BCUT2D eigenvalue weighted by molar-refractivity contribution is 5.82. The Morgan fingerprint density at radius 1 is 1.41 bits per heavy atom. The van der Waals surface area contributed by atoms with E-state index in [-0.39, 0.29) is 18.1 Å². The molecule has 2 aromatic rings. The number of nitrogens with zero attached hydrogens (tertiary/aromatic N) is 2. The molecule has 0 aliphatic carbocycles. The van der Waals surface area contributed by atoms with Gasteiger partial charge in [0.2, 0.25) is 0 Å². The number of amides is 1. The summed E-state index contributed by atoms with van der Waals surface area (Å²) in [6.45, 7) is 6.61. The van der Waals surface area contributed by atoms with E-state index < -0.39 is 5.60 Å². The van der Waals surface area contributed by atoms with Crippen molar-refractivity contribution in [3.05, 3.63) is 30.2 Å². The smallest absolute Gasteiger partial charge is 0.410 e. The van der Waals surface area contributed by atoms with E-state index in [1.54, 1.807) is 11.1 Å². The number of fused-ring (bicyclic) bond motifs is 1. The van der Waals surface area contributed by atoms with Gasteiger partial charge in [-0.3, -0.25) is 4.98 Å². The SMILES string of the molecule is CC(C)(C)OC(=O)N1CC(N)C(c2nccc3[nH]ccc23)C1. The van der Waals surface area contributed by atoms with Crippen LogP contribution in [0.4, 0.5) is 4.79 Å². The fourth-order valence-corrected chi connectivity index (χ4v) is 2.89. The molecule has 2 aromatic heterocycles. The van der Waals surface area contributed by atoms with Crippen LogP contribution in [0.1, 0.15) is 32.4 Å². The van der Waals surface area contributed by atoms with Crippen LogP contribution in [-0.4, -0.2) is 45.7 Å². The number of rotatable bonds is 1. The van der Waals surface area contributed by atoms with Crippen molar-refractivity contribution < 1.29 is 9.53 Å². The van der Waals surface area contributed by atoms with Crippen molar-refractivity contribution in [3.63, 3.8) is 0 Å². The second kappa shape index (κ2) is 5.28. The number of nitrogens with two attached hydrogens (primary N) is 1. The first kappa shape index (κ1) is 14.8. The van der Waals surface area contributed by atoms with Gasteiger partial charge in [0.05, 0.1) is 5.69 Å². The Bertz CT molecular complexity index is 689. The molecule has 3 heterocycles. The molecule has 1 saturated heterocycles. The van der Waals surface area contributed by atoms with Gasteiger partial charge < -0.3 is 20.4 Å². The maximum absolute atomic E-state index is 12.2. The summed E-state index contributed by atoms with van der Waals surface area (Å²) in [6, 6.07) is 3.80. The van der Waals surface area contributed by atoms with Crippen LogP contribution in [0.25, 0.3) is 10.9 Å². The summed E-state index contributed by atoms with van der Waals surface area (Å²) in [5.41, 5.74) is 7.74. The van der Waals surface area contributed by atoms with Crippen molar-refractivity contribution in [1.82, 2.24) is 14.9 Å². The molecule has 3 N–H and O–H groups in total. The standard InChI is InChI=1S/C16H22N4O2/c1-16(2,3)22-15(21)20-8-11(12(17)9-20)14-10-4-6-18-13(10)5-7-19-14/h4-7,11-12,18H,8-9,17H2,1-3H3. The molecule has 1 aliphatic heterocycles. The molecule has 2 unspecified atom stereocenters.